The Hall–Kier alpha value is -1.68. The van der Waals surface area contributed by atoms with Crippen molar-refractivity contribution in [2.24, 2.45) is 0 Å². The van der Waals surface area contributed by atoms with E-state index in [4.69, 9.17) is 4.74 Å². The van der Waals surface area contributed by atoms with E-state index in [0.29, 0.717) is 17.9 Å². The van der Waals surface area contributed by atoms with Crippen LogP contribution in [0.2, 0.25) is 0 Å². The molecule has 0 fully saturated rings. The average Bonchev–Trinajstić information content (AvgIpc) is 2.82. The molecule has 0 aliphatic heterocycles. The maximum atomic E-state index is 11.6. The van der Waals surface area contributed by atoms with Crippen LogP contribution in [0.25, 0.3) is 10.6 Å². The van der Waals surface area contributed by atoms with E-state index >= 15 is 0 Å². The highest BCUT2D eigenvalue weighted by molar-refractivity contribution is 7.13. The lowest BCUT2D eigenvalue weighted by Crippen LogP contribution is -2.07. The van der Waals surface area contributed by atoms with Crippen LogP contribution in [-0.4, -0.2) is 17.6 Å². The van der Waals surface area contributed by atoms with Gasteiger partial charge in [0.1, 0.15) is 0 Å². The second kappa shape index (κ2) is 5.10. The van der Waals surface area contributed by atoms with Gasteiger partial charge in [0.15, 0.2) is 0 Å². The molecule has 0 saturated heterocycles. The summed E-state index contributed by atoms with van der Waals surface area (Å²) in [6, 6.07) is 7.62. The van der Waals surface area contributed by atoms with Crippen LogP contribution < -0.4 is 0 Å². The predicted molar refractivity (Wildman–Crippen MR) is 68.2 cm³/mol. The largest absolute Gasteiger partial charge is 0.462 e. The minimum atomic E-state index is -0.310. The number of thiophene rings is 1. The van der Waals surface area contributed by atoms with Crippen molar-refractivity contribution in [3.63, 3.8) is 0 Å². The van der Waals surface area contributed by atoms with E-state index in [1.165, 1.54) is 0 Å². The molecule has 17 heavy (non-hydrogen) atoms. The molecule has 0 atom stereocenters. The molecule has 0 N–H and O–H groups in total. The average molecular weight is 247 g/mol. The molecule has 0 aliphatic rings. The summed E-state index contributed by atoms with van der Waals surface area (Å²) in [4.78, 5) is 17.1. The first kappa shape index (κ1) is 11.8. The van der Waals surface area contributed by atoms with Crippen LogP contribution >= 0.6 is 11.3 Å². The third kappa shape index (κ3) is 2.53. The van der Waals surface area contributed by atoms with Crippen molar-refractivity contribution in [1.29, 1.82) is 0 Å². The number of aryl methyl sites for hydroxylation is 1. The highest BCUT2D eigenvalue weighted by atomic mass is 32.1. The number of carbonyl (C=O) groups is 1. The van der Waals surface area contributed by atoms with Gasteiger partial charge in [-0.15, -0.1) is 11.3 Å². The summed E-state index contributed by atoms with van der Waals surface area (Å²) in [5, 5.41) is 2.01. The van der Waals surface area contributed by atoms with E-state index in [2.05, 4.69) is 4.98 Å². The van der Waals surface area contributed by atoms with Gasteiger partial charge in [-0.25, -0.2) is 4.79 Å². The van der Waals surface area contributed by atoms with E-state index in [0.717, 1.165) is 10.6 Å². The number of hydrogen-bond donors (Lipinski definition) is 0. The molecule has 4 heteroatoms. The van der Waals surface area contributed by atoms with E-state index < -0.39 is 0 Å². The minimum absolute atomic E-state index is 0.310. The van der Waals surface area contributed by atoms with Gasteiger partial charge < -0.3 is 4.74 Å². The number of rotatable bonds is 3. The van der Waals surface area contributed by atoms with Crippen LogP contribution in [0.4, 0.5) is 0 Å². The SMILES string of the molecule is CCOC(=O)c1ccc(-c2cccs2)nc1C. The second-order valence-corrected chi connectivity index (χ2v) is 4.47. The van der Waals surface area contributed by atoms with Crippen LogP contribution in [0.1, 0.15) is 23.0 Å². The maximum absolute atomic E-state index is 11.6. The first-order valence-electron chi connectivity index (χ1n) is 5.41. The summed E-state index contributed by atoms with van der Waals surface area (Å²) >= 11 is 1.63. The Morgan fingerprint density at radius 2 is 2.24 bits per heavy atom. The van der Waals surface area contributed by atoms with Crippen molar-refractivity contribution in [1.82, 2.24) is 4.98 Å². The Morgan fingerprint density at radius 1 is 1.41 bits per heavy atom. The van der Waals surface area contributed by atoms with Crippen molar-refractivity contribution in [2.45, 2.75) is 13.8 Å². The molecule has 3 nitrogen and oxygen atoms in total. The Labute approximate surface area is 104 Å². The van der Waals surface area contributed by atoms with Crippen molar-refractivity contribution in [2.75, 3.05) is 6.61 Å². The molecule has 0 saturated carbocycles. The first-order valence-corrected chi connectivity index (χ1v) is 6.29. The topological polar surface area (TPSA) is 39.2 Å². The Kier molecular flexibility index (Phi) is 3.54. The Bertz CT molecular complexity index is 520. The molecule has 0 bridgehead atoms. The minimum Gasteiger partial charge on any atom is -0.462 e. The molecule has 88 valence electrons. The highest BCUT2D eigenvalue weighted by Crippen LogP contribution is 2.23. The summed E-state index contributed by atoms with van der Waals surface area (Å²) in [7, 11) is 0. The van der Waals surface area contributed by atoms with Gasteiger partial charge >= 0.3 is 5.97 Å². The highest BCUT2D eigenvalue weighted by Gasteiger charge is 2.12. The van der Waals surface area contributed by atoms with E-state index in [9.17, 15) is 4.79 Å². The number of aromatic nitrogens is 1. The van der Waals surface area contributed by atoms with Gasteiger partial charge in [-0.05, 0) is 37.4 Å². The maximum Gasteiger partial charge on any atom is 0.339 e. The second-order valence-electron chi connectivity index (χ2n) is 3.53. The quantitative estimate of drug-likeness (QED) is 0.781. The first-order chi connectivity index (χ1) is 8.22. The van der Waals surface area contributed by atoms with Crippen molar-refractivity contribution in [3.05, 3.63) is 40.9 Å². The summed E-state index contributed by atoms with van der Waals surface area (Å²) in [5.41, 5.74) is 2.13. The van der Waals surface area contributed by atoms with Gasteiger partial charge in [0.25, 0.3) is 0 Å². The molecule has 0 amide bonds. The fourth-order valence-electron chi connectivity index (χ4n) is 1.55. The molecule has 2 aromatic rings. The summed E-state index contributed by atoms with van der Waals surface area (Å²) in [6.07, 6.45) is 0. The molecule has 2 aromatic heterocycles. The van der Waals surface area contributed by atoms with Crippen LogP contribution in [-0.2, 0) is 4.74 Å². The molecule has 2 rings (SSSR count). The van der Waals surface area contributed by atoms with Gasteiger partial charge in [-0.2, -0.15) is 0 Å². The Morgan fingerprint density at radius 3 is 2.82 bits per heavy atom. The number of pyridine rings is 1. The van der Waals surface area contributed by atoms with Gasteiger partial charge in [0.2, 0.25) is 0 Å². The summed E-state index contributed by atoms with van der Waals surface area (Å²) in [6.45, 7) is 4.00. The summed E-state index contributed by atoms with van der Waals surface area (Å²) in [5.74, 6) is -0.310. The fraction of sp³-hybridized carbons (Fsp3) is 0.231. The lowest BCUT2D eigenvalue weighted by Gasteiger charge is -2.06. The molecule has 0 spiro atoms. The molecule has 2 heterocycles. The standard InChI is InChI=1S/C13H13NO2S/c1-3-16-13(15)10-6-7-11(14-9(10)2)12-5-4-8-17-12/h4-8H,3H2,1-2H3. The van der Waals surface area contributed by atoms with E-state index in [1.807, 2.05) is 30.5 Å². The van der Waals surface area contributed by atoms with Crippen molar-refractivity contribution in [3.8, 4) is 10.6 Å². The van der Waals surface area contributed by atoms with Crippen LogP contribution in [0.3, 0.4) is 0 Å². The number of esters is 1. The zero-order valence-corrected chi connectivity index (χ0v) is 10.6. The lowest BCUT2D eigenvalue weighted by molar-refractivity contribution is 0.0525. The molecular formula is C13H13NO2S. The predicted octanol–water partition coefficient (Wildman–Crippen LogP) is 3.30. The molecule has 0 aromatic carbocycles. The molecular weight excluding hydrogens is 234 g/mol. The van der Waals surface area contributed by atoms with Gasteiger partial charge in [0.05, 0.1) is 28.4 Å². The monoisotopic (exact) mass is 247 g/mol. The van der Waals surface area contributed by atoms with Gasteiger partial charge in [-0.1, -0.05) is 6.07 Å². The summed E-state index contributed by atoms with van der Waals surface area (Å²) < 4.78 is 4.96. The van der Waals surface area contributed by atoms with Crippen molar-refractivity contribution >= 4 is 17.3 Å². The van der Waals surface area contributed by atoms with Crippen LogP contribution in [0, 0.1) is 6.92 Å². The Balaban J connectivity index is 2.32. The van der Waals surface area contributed by atoms with Crippen LogP contribution in [0.15, 0.2) is 29.6 Å². The van der Waals surface area contributed by atoms with Crippen molar-refractivity contribution < 1.29 is 9.53 Å². The lowest BCUT2D eigenvalue weighted by atomic mass is 10.2. The number of nitrogens with zero attached hydrogens (tertiary/aromatic N) is 1. The fourth-order valence-corrected chi connectivity index (χ4v) is 2.24. The van der Waals surface area contributed by atoms with E-state index in [-0.39, 0.29) is 5.97 Å². The van der Waals surface area contributed by atoms with Gasteiger partial charge in [-0.3, -0.25) is 4.98 Å². The van der Waals surface area contributed by atoms with Gasteiger partial charge in [0, 0.05) is 0 Å². The number of hydrogen-bond acceptors (Lipinski definition) is 4. The number of carbonyl (C=O) groups excluding carboxylic acids is 1. The smallest absolute Gasteiger partial charge is 0.339 e. The zero-order valence-electron chi connectivity index (χ0n) is 9.77. The molecule has 0 radical (unpaired) electrons. The molecule has 0 aliphatic carbocycles. The normalized spacial score (nSPS) is 10.2. The van der Waals surface area contributed by atoms with Crippen LogP contribution in [0.5, 0.6) is 0 Å². The third-order valence-electron chi connectivity index (χ3n) is 2.35. The van der Waals surface area contributed by atoms with E-state index in [1.54, 1.807) is 24.3 Å². The third-order valence-corrected chi connectivity index (χ3v) is 3.25. The zero-order chi connectivity index (χ0) is 12.3. The molecule has 0 unspecified atom stereocenters. The number of ether oxygens (including phenoxy) is 1.